The topological polar surface area (TPSA) is 84.3 Å². The van der Waals surface area contributed by atoms with E-state index in [1.54, 1.807) is 0 Å². The van der Waals surface area contributed by atoms with Crippen molar-refractivity contribution in [2.24, 2.45) is 0 Å². The molecule has 1 fully saturated rings. The van der Waals surface area contributed by atoms with E-state index < -0.39 is 5.60 Å². The van der Waals surface area contributed by atoms with Crippen molar-refractivity contribution >= 4 is 5.91 Å². The molecule has 1 aliphatic heterocycles. The van der Waals surface area contributed by atoms with Crippen molar-refractivity contribution in [3.8, 4) is 0 Å². The zero-order chi connectivity index (χ0) is 12.1. The number of aromatic nitrogens is 2. The zero-order valence-corrected chi connectivity index (χ0v) is 9.43. The van der Waals surface area contributed by atoms with Gasteiger partial charge >= 0.3 is 0 Å². The van der Waals surface area contributed by atoms with Crippen LogP contribution in [0, 0.1) is 0 Å². The highest BCUT2D eigenvalue weighted by Gasteiger charge is 2.30. The molecule has 0 spiro atoms. The molecule has 0 aromatic carbocycles. The molecule has 6 heteroatoms. The van der Waals surface area contributed by atoms with Gasteiger partial charge in [0.2, 0.25) is 0 Å². The van der Waals surface area contributed by atoms with Gasteiger partial charge in [-0.1, -0.05) is 0 Å². The van der Waals surface area contributed by atoms with Gasteiger partial charge in [-0.05, 0) is 0 Å². The summed E-state index contributed by atoms with van der Waals surface area (Å²) in [4.78, 5) is 19.2. The van der Waals surface area contributed by atoms with Gasteiger partial charge in [0.1, 0.15) is 6.33 Å². The number of amides is 1. The maximum Gasteiger partial charge on any atom is 0.254 e. The largest absolute Gasteiger partial charge is 0.388 e. The highest BCUT2D eigenvalue weighted by atomic mass is 16.5. The van der Waals surface area contributed by atoms with Crippen molar-refractivity contribution in [3.63, 3.8) is 0 Å². The summed E-state index contributed by atoms with van der Waals surface area (Å²) in [6, 6.07) is 0. The molecule has 2 heterocycles. The summed E-state index contributed by atoms with van der Waals surface area (Å²) in [7, 11) is 0. The number of hydrogen-bond donors (Lipinski definition) is 2. The lowest BCUT2D eigenvalue weighted by Gasteiger charge is -2.32. The Morgan fingerprint density at radius 1 is 1.41 bits per heavy atom. The summed E-state index contributed by atoms with van der Waals surface area (Å²) in [6.45, 7) is 1.28. The number of rotatable bonds is 3. The quantitative estimate of drug-likeness (QED) is 0.757. The average molecular weight is 237 g/mol. The Morgan fingerprint density at radius 3 is 2.71 bits per heavy atom. The molecule has 1 amide bonds. The standard InChI is InChI=1S/C11H15N3O3/c15-10(9-5-12-8-13-6-9)14-7-11(16)1-3-17-4-2-11/h5-6,8,16H,1-4,7H2,(H,14,15). The van der Waals surface area contributed by atoms with Gasteiger partial charge in [0, 0.05) is 45.0 Å². The van der Waals surface area contributed by atoms with Crippen LogP contribution in [-0.4, -0.2) is 46.3 Å². The molecule has 0 unspecified atom stereocenters. The first-order chi connectivity index (χ1) is 8.20. The van der Waals surface area contributed by atoms with Crippen LogP contribution < -0.4 is 5.32 Å². The van der Waals surface area contributed by atoms with E-state index in [4.69, 9.17) is 4.74 Å². The van der Waals surface area contributed by atoms with E-state index in [0.717, 1.165) is 0 Å². The summed E-state index contributed by atoms with van der Waals surface area (Å²) in [5.74, 6) is -0.273. The Morgan fingerprint density at radius 2 is 2.06 bits per heavy atom. The maximum absolute atomic E-state index is 11.7. The van der Waals surface area contributed by atoms with Gasteiger partial charge in [0.15, 0.2) is 0 Å². The minimum Gasteiger partial charge on any atom is -0.388 e. The molecule has 1 saturated heterocycles. The fourth-order valence-corrected chi connectivity index (χ4v) is 1.69. The van der Waals surface area contributed by atoms with Crippen LogP contribution in [0.2, 0.25) is 0 Å². The highest BCUT2D eigenvalue weighted by Crippen LogP contribution is 2.19. The molecule has 0 radical (unpaired) electrons. The number of carbonyl (C=O) groups is 1. The predicted molar refractivity (Wildman–Crippen MR) is 59.4 cm³/mol. The highest BCUT2D eigenvalue weighted by molar-refractivity contribution is 5.93. The Balaban J connectivity index is 1.87. The summed E-state index contributed by atoms with van der Waals surface area (Å²) in [6.07, 6.45) is 5.33. The third kappa shape index (κ3) is 3.21. The SMILES string of the molecule is O=C(NCC1(O)CCOCC1)c1cncnc1. The first-order valence-electron chi connectivity index (χ1n) is 5.53. The molecule has 1 aromatic heterocycles. The van der Waals surface area contributed by atoms with Gasteiger partial charge in [0.05, 0.1) is 11.2 Å². The fraction of sp³-hybridized carbons (Fsp3) is 0.545. The van der Waals surface area contributed by atoms with Gasteiger partial charge in [-0.25, -0.2) is 9.97 Å². The van der Waals surface area contributed by atoms with Crippen molar-refractivity contribution in [2.45, 2.75) is 18.4 Å². The molecular weight excluding hydrogens is 222 g/mol. The number of nitrogens with one attached hydrogen (secondary N) is 1. The second-order valence-corrected chi connectivity index (χ2v) is 4.15. The molecule has 0 bridgehead atoms. The van der Waals surface area contributed by atoms with E-state index in [2.05, 4.69) is 15.3 Å². The minimum absolute atomic E-state index is 0.226. The van der Waals surface area contributed by atoms with E-state index >= 15 is 0 Å². The van der Waals surface area contributed by atoms with Crippen LogP contribution in [0.15, 0.2) is 18.7 Å². The number of hydrogen-bond acceptors (Lipinski definition) is 5. The zero-order valence-electron chi connectivity index (χ0n) is 9.43. The Bertz CT molecular complexity index is 377. The molecule has 2 N–H and O–H groups in total. The average Bonchev–Trinajstić information content (AvgIpc) is 2.38. The van der Waals surface area contributed by atoms with Gasteiger partial charge in [-0.2, -0.15) is 0 Å². The van der Waals surface area contributed by atoms with Gasteiger partial charge in [-0.15, -0.1) is 0 Å². The Labute approximate surface area is 99.0 Å². The monoisotopic (exact) mass is 237 g/mol. The predicted octanol–water partition coefficient (Wildman–Crippen LogP) is -0.252. The van der Waals surface area contributed by atoms with Crippen molar-refractivity contribution in [1.82, 2.24) is 15.3 Å². The molecule has 0 atom stereocenters. The van der Waals surface area contributed by atoms with Crippen molar-refractivity contribution in [2.75, 3.05) is 19.8 Å². The molecule has 1 aromatic rings. The Hall–Kier alpha value is -1.53. The summed E-state index contributed by atoms with van der Waals surface area (Å²) < 4.78 is 5.16. The number of nitrogens with zero attached hydrogens (tertiary/aromatic N) is 2. The van der Waals surface area contributed by atoms with E-state index in [-0.39, 0.29) is 12.5 Å². The molecular formula is C11H15N3O3. The van der Waals surface area contributed by atoms with Crippen LogP contribution in [0.3, 0.4) is 0 Å². The summed E-state index contributed by atoms with van der Waals surface area (Å²) in [5, 5.41) is 12.8. The lowest BCUT2D eigenvalue weighted by atomic mass is 9.94. The van der Waals surface area contributed by atoms with Crippen LogP contribution in [0.25, 0.3) is 0 Å². The van der Waals surface area contributed by atoms with E-state index in [0.29, 0.717) is 31.6 Å². The number of aliphatic hydroxyl groups is 1. The van der Waals surface area contributed by atoms with Crippen LogP contribution in [0.4, 0.5) is 0 Å². The second-order valence-electron chi connectivity index (χ2n) is 4.15. The molecule has 2 rings (SSSR count). The first-order valence-corrected chi connectivity index (χ1v) is 5.53. The molecule has 6 nitrogen and oxygen atoms in total. The van der Waals surface area contributed by atoms with Gasteiger partial charge in [0.25, 0.3) is 5.91 Å². The number of ether oxygens (including phenoxy) is 1. The van der Waals surface area contributed by atoms with Gasteiger partial charge in [-0.3, -0.25) is 4.79 Å². The lowest BCUT2D eigenvalue weighted by molar-refractivity contribution is -0.0605. The van der Waals surface area contributed by atoms with E-state index in [1.165, 1.54) is 18.7 Å². The van der Waals surface area contributed by atoms with Crippen LogP contribution in [0.1, 0.15) is 23.2 Å². The van der Waals surface area contributed by atoms with Gasteiger partial charge < -0.3 is 15.2 Å². The van der Waals surface area contributed by atoms with E-state index in [1.807, 2.05) is 0 Å². The molecule has 0 aliphatic carbocycles. The summed E-state index contributed by atoms with van der Waals surface area (Å²) >= 11 is 0. The smallest absolute Gasteiger partial charge is 0.254 e. The number of carbonyl (C=O) groups excluding carboxylic acids is 1. The first kappa shape index (κ1) is 11.9. The second kappa shape index (κ2) is 5.20. The summed E-state index contributed by atoms with van der Waals surface area (Å²) in [5.41, 5.74) is -0.466. The third-order valence-electron chi connectivity index (χ3n) is 2.82. The fourth-order valence-electron chi connectivity index (χ4n) is 1.69. The third-order valence-corrected chi connectivity index (χ3v) is 2.82. The normalized spacial score (nSPS) is 18.6. The minimum atomic E-state index is -0.858. The maximum atomic E-state index is 11.7. The van der Waals surface area contributed by atoms with Crippen molar-refractivity contribution in [3.05, 3.63) is 24.3 Å². The molecule has 17 heavy (non-hydrogen) atoms. The molecule has 92 valence electrons. The van der Waals surface area contributed by atoms with Crippen LogP contribution in [0.5, 0.6) is 0 Å². The van der Waals surface area contributed by atoms with Crippen molar-refractivity contribution < 1.29 is 14.6 Å². The van der Waals surface area contributed by atoms with Crippen LogP contribution >= 0.6 is 0 Å². The van der Waals surface area contributed by atoms with Crippen LogP contribution in [-0.2, 0) is 4.74 Å². The molecule has 1 aliphatic rings. The van der Waals surface area contributed by atoms with Crippen molar-refractivity contribution in [1.29, 1.82) is 0 Å². The Kier molecular flexibility index (Phi) is 3.65. The lowest BCUT2D eigenvalue weighted by Crippen LogP contribution is -2.46. The van der Waals surface area contributed by atoms with E-state index in [9.17, 15) is 9.90 Å². The molecule has 0 saturated carbocycles.